The van der Waals surface area contributed by atoms with Gasteiger partial charge in [0, 0.05) is 0 Å². The number of rotatable bonds is 5. The Balaban J connectivity index is 3.21. The first-order chi connectivity index (χ1) is 8.56. The number of nitrogens with zero attached hydrogens (tertiary/aromatic N) is 1. The van der Waals surface area contributed by atoms with E-state index in [0.717, 1.165) is 0 Å². The van der Waals surface area contributed by atoms with Gasteiger partial charge >= 0.3 is 0 Å². The van der Waals surface area contributed by atoms with Crippen molar-refractivity contribution in [1.82, 2.24) is 0 Å². The predicted molar refractivity (Wildman–Crippen MR) is 61.2 cm³/mol. The number of nitriles is 1. The van der Waals surface area contributed by atoms with Crippen LogP contribution in [0.15, 0.2) is 12.1 Å². The molecule has 0 fully saturated rings. The number of hydrogen-bond donors (Lipinski definition) is 3. The first-order valence-corrected chi connectivity index (χ1v) is 5.14. The fourth-order valence-electron chi connectivity index (χ4n) is 1.56. The molecule has 1 aromatic rings. The third-order valence-electron chi connectivity index (χ3n) is 2.54. The Labute approximate surface area is 104 Å². The second kappa shape index (κ2) is 6.00. The third kappa shape index (κ3) is 2.59. The number of aliphatic hydroxyl groups is 2. The highest BCUT2D eigenvalue weighted by molar-refractivity contribution is 5.83. The number of hydrogen-bond acceptors (Lipinski definition) is 6. The number of carbonyl (C=O) groups excluding carboxylic acids is 1. The maximum Gasteiger partial charge on any atom is 0.168 e. The van der Waals surface area contributed by atoms with E-state index in [1.54, 1.807) is 6.07 Å². The summed E-state index contributed by atoms with van der Waals surface area (Å²) in [5, 5.41) is 37.5. The number of aldehydes is 1. The molecule has 2 unspecified atom stereocenters. The van der Waals surface area contributed by atoms with Gasteiger partial charge in [-0.2, -0.15) is 5.26 Å². The Morgan fingerprint density at radius 1 is 1.50 bits per heavy atom. The zero-order chi connectivity index (χ0) is 13.7. The summed E-state index contributed by atoms with van der Waals surface area (Å²) in [7, 11) is 1.32. The molecular formula is C12H13NO5. The molecular weight excluding hydrogens is 238 g/mol. The molecule has 0 spiro atoms. The lowest BCUT2D eigenvalue weighted by Crippen LogP contribution is -2.19. The number of aliphatic hydroxyl groups excluding tert-OH is 2. The molecule has 1 aromatic carbocycles. The maximum atomic E-state index is 10.9. The molecule has 0 aromatic heterocycles. The smallest absolute Gasteiger partial charge is 0.168 e. The van der Waals surface area contributed by atoms with Crippen LogP contribution >= 0.6 is 0 Å². The fourth-order valence-corrected chi connectivity index (χ4v) is 1.56. The minimum Gasteiger partial charge on any atom is -0.504 e. The zero-order valence-electron chi connectivity index (χ0n) is 9.70. The molecule has 2 atom stereocenters. The van der Waals surface area contributed by atoms with Crippen LogP contribution in [-0.4, -0.2) is 34.8 Å². The highest BCUT2D eigenvalue weighted by Gasteiger charge is 2.24. The van der Waals surface area contributed by atoms with E-state index in [4.69, 9.17) is 10.00 Å². The molecule has 0 heterocycles. The molecule has 0 amide bonds. The molecule has 6 nitrogen and oxygen atoms in total. The van der Waals surface area contributed by atoms with Crippen LogP contribution in [0.4, 0.5) is 0 Å². The first kappa shape index (κ1) is 14.0. The van der Waals surface area contributed by atoms with Crippen LogP contribution in [0.2, 0.25) is 0 Å². The molecule has 18 heavy (non-hydrogen) atoms. The quantitative estimate of drug-likeness (QED) is 0.658. The highest BCUT2D eigenvalue weighted by Crippen LogP contribution is 2.34. The molecule has 0 aliphatic rings. The zero-order valence-corrected chi connectivity index (χ0v) is 9.70. The van der Waals surface area contributed by atoms with Crippen molar-refractivity contribution in [2.24, 2.45) is 0 Å². The lowest BCUT2D eigenvalue weighted by Gasteiger charge is -2.18. The molecule has 1 rings (SSSR count). The molecule has 0 saturated heterocycles. The first-order valence-electron chi connectivity index (χ1n) is 5.14. The summed E-state index contributed by atoms with van der Waals surface area (Å²) in [6.45, 7) is 0. The van der Waals surface area contributed by atoms with E-state index in [0.29, 0.717) is 6.29 Å². The van der Waals surface area contributed by atoms with Gasteiger partial charge in [-0.1, -0.05) is 6.07 Å². The van der Waals surface area contributed by atoms with Gasteiger partial charge in [0.25, 0.3) is 0 Å². The van der Waals surface area contributed by atoms with Crippen LogP contribution < -0.4 is 4.74 Å². The number of ether oxygens (including phenoxy) is 1. The molecule has 0 radical (unpaired) electrons. The predicted octanol–water partition coefficient (Wildman–Crippen LogP) is 0.521. The summed E-state index contributed by atoms with van der Waals surface area (Å²) < 4.78 is 4.82. The van der Waals surface area contributed by atoms with Gasteiger partial charge in [-0.05, 0) is 11.6 Å². The van der Waals surface area contributed by atoms with Crippen LogP contribution in [0.25, 0.3) is 0 Å². The second-order valence-electron chi connectivity index (χ2n) is 3.61. The van der Waals surface area contributed by atoms with E-state index >= 15 is 0 Å². The summed E-state index contributed by atoms with van der Waals surface area (Å²) in [4.78, 5) is 10.9. The van der Waals surface area contributed by atoms with Crippen molar-refractivity contribution in [2.75, 3.05) is 7.11 Å². The van der Waals surface area contributed by atoms with Crippen molar-refractivity contribution in [3.63, 3.8) is 0 Å². The molecule has 6 heteroatoms. The fraction of sp³-hybridized carbons (Fsp3) is 0.333. The van der Waals surface area contributed by atoms with Crippen molar-refractivity contribution in [3.8, 4) is 17.6 Å². The van der Waals surface area contributed by atoms with Gasteiger partial charge in [-0.15, -0.1) is 0 Å². The van der Waals surface area contributed by atoms with Gasteiger partial charge < -0.3 is 20.1 Å². The normalized spacial score (nSPS) is 13.4. The number of phenolic OH excluding ortho intramolecular Hbond substituents is 1. The average Bonchev–Trinajstić information content (AvgIpc) is 2.37. The monoisotopic (exact) mass is 251 g/mol. The summed E-state index contributed by atoms with van der Waals surface area (Å²) in [6, 6.07) is 4.42. The largest absolute Gasteiger partial charge is 0.504 e. The van der Waals surface area contributed by atoms with E-state index in [9.17, 15) is 20.1 Å². The molecule has 96 valence electrons. The van der Waals surface area contributed by atoms with E-state index < -0.39 is 18.0 Å². The standard InChI is InChI=1S/C12H13NO5/c1-18-10-3-2-7(8(6-14)12(10)17)11(16)9(15)4-5-13/h2-3,6,9,11,15-17H,4H2,1H3. The van der Waals surface area contributed by atoms with Crippen LogP contribution in [0.3, 0.4) is 0 Å². The number of aromatic hydroxyl groups is 1. The third-order valence-corrected chi connectivity index (χ3v) is 2.54. The summed E-state index contributed by atoms with van der Waals surface area (Å²) in [5.74, 6) is -0.323. The minimum absolute atomic E-state index is 0.0473. The SMILES string of the molecule is COc1ccc(C(O)C(O)CC#N)c(C=O)c1O. The number of phenols is 1. The van der Waals surface area contributed by atoms with Crippen molar-refractivity contribution < 1.29 is 24.9 Å². The van der Waals surface area contributed by atoms with Crippen LogP contribution in [0, 0.1) is 11.3 Å². The van der Waals surface area contributed by atoms with Gasteiger partial charge in [0.2, 0.25) is 0 Å². The Bertz CT molecular complexity index is 480. The minimum atomic E-state index is -1.43. The van der Waals surface area contributed by atoms with E-state index in [1.807, 2.05) is 0 Å². The van der Waals surface area contributed by atoms with Gasteiger partial charge in [0.05, 0.1) is 31.3 Å². The Kier molecular flexibility index (Phi) is 4.66. The Morgan fingerprint density at radius 3 is 2.67 bits per heavy atom. The van der Waals surface area contributed by atoms with E-state index in [-0.39, 0.29) is 23.3 Å². The van der Waals surface area contributed by atoms with E-state index in [2.05, 4.69) is 0 Å². The molecule has 0 aliphatic carbocycles. The van der Waals surface area contributed by atoms with Gasteiger partial charge in [0.1, 0.15) is 6.10 Å². The lowest BCUT2D eigenvalue weighted by atomic mass is 9.97. The number of methoxy groups -OCH3 is 1. The Hall–Kier alpha value is -2.10. The molecule has 0 saturated carbocycles. The van der Waals surface area contributed by atoms with Crippen LogP contribution in [0.1, 0.15) is 28.4 Å². The number of carbonyl (C=O) groups is 1. The summed E-state index contributed by atoms with van der Waals surface area (Å²) >= 11 is 0. The van der Waals surface area contributed by atoms with Gasteiger partial charge in [-0.3, -0.25) is 4.79 Å². The van der Waals surface area contributed by atoms with Crippen molar-refractivity contribution in [3.05, 3.63) is 23.3 Å². The highest BCUT2D eigenvalue weighted by atomic mass is 16.5. The van der Waals surface area contributed by atoms with E-state index in [1.165, 1.54) is 19.2 Å². The van der Waals surface area contributed by atoms with Crippen LogP contribution in [-0.2, 0) is 0 Å². The summed E-state index contributed by atoms with van der Waals surface area (Å²) in [5.41, 5.74) is -0.120. The Morgan fingerprint density at radius 2 is 2.17 bits per heavy atom. The van der Waals surface area contributed by atoms with Crippen LogP contribution in [0.5, 0.6) is 11.5 Å². The number of benzene rings is 1. The molecule has 3 N–H and O–H groups in total. The second-order valence-corrected chi connectivity index (χ2v) is 3.61. The van der Waals surface area contributed by atoms with Gasteiger partial charge in [0.15, 0.2) is 17.8 Å². The maximum absolute atomic E-state index is 10.9. The molecule has 0 aliphatic heterocycles. The molecule has 0 bridgehead atoms. The van der Waals surface area contributed by atoms with Crippen molar-refractivity contribution in [1.29, 1.82) is 5.26 Å². The summed E-state index contributed by atoms with van der Waals surface area (Å²) in [6.07, 6.45) is -2.69. The van der Waals surface area contributed by atoms with Crippen molar-refractivity contribution >= 4 is 6.29 Å². The van der Waals surface area contributed by atoms with Crippen molar-refractivity contribution in [2.45, 2.75) is 18.6 Å². The van der Waals surface area contributed by atoms with Gasteiger partial charge in [-0.25, -0.2) is 0 Å². The average molecular weight is 251 g/mol. The lowest BCUT2D eigenvalue weighted by molar-refractivity contribution is 0.0211. The topological polar surface area (TPSA) is 111 Å².